The Kier molecular flexibility index (Phi) is 6.10. The number of para-hydroxylation sites is 6. The van der Waals surface area contributed by atoms with Gasteiger partial charge in [0.1, 0.15) is 5.69 Å². The molecule has 0 saturated carbocycles. The van der Waals surface area contributed by atoms with Crippen molar-refractivity contribution < 1.29 is 9.47 Å². The van der Waals surface area contributed by atoms with E-state index in [4.69, 9.17) is 9.47 Å². The lowest BCUT2D eigenvalue weighted by Gasteiger charge is -2.38. The first-order chi connectivity index (χ1) is 22.8. The molecule has 0 aromatic heterocycles. The maximum absolute atomic E-state index is 6.67. The van der Waals surface area contributed by atoms with Gasteiger partial charge in [-0.25, -0.2) is 0 Å². The van der Waals surface area contributed by atoms with Gasteiger partial charge in [0.05, 0.1) is 11.4 Å². The monoisotopic (exact) mass is 592 g/mol. The summed E-state index contributed by atoms with van der Waals surface area (Å²) in [4.78, 5) is 4.54. The molecule has 0 radical (unpaired) electrons. The van der Waals surface area contributed by atoms with Crippen molar-refractivity contribution in [2.75, 3.05) is 9.80 Å². The summed E-state index contributed by atoms with van der Waals surface area (Å²) < 4.78 is 13.1. The number of fused-ring (bicyclic) bond motifs is 4. The Labute approximate surface area is 268 Å². The molecule has 218 valence electrons. The Morgan fingerprint density at radius 1 is 0.391 bits per heavy atom. The van der Waals surface area contributed by atoms with Crippen LogP contribution in [0.2, 0.25) is 0 Å². The van der Waals surface area contributed by atoms with Crippen molar-refractivity contribution in [1.29, 1.82) is 0 Å². The summed E-state index contributed by atoms with van der Waals surface area (Å²) in [7, 11) is 0. The normalized spacial score (nSPS) is 12.2. The first-order valence-electron chi connectivity index (χ1n) is 15.4. The standard InChI is InChI=1S/C42H28N2O2/c1-3-14-32(15-4-1)43(33-16-5-2-6-17-33)34-24-22-29(23-25-34)30-12-11-13-31(28-30)35-26-27-40-41-42(35)46-39-21-10-8-19-37(39)44(41)36-18-7-9-20-38(36)45-40/h1-28H. The first-order valence-corrected chi connectivity index (χ1v) is 15.4. The fraction of sp³-hybridized carbons (Fsp3) is 0. The number of hydrogen-bond donors (Lipinski definition) is 0. The molecule has 4 heteroatoms. The van der Waals surface area contributed by atoms with Crippen molar-refractivity contribution in [3.05, 3.63) is 170 Å². The average Bonchev–Trinajstić information content (AvgIpc) is 3.13. The minimum Gasteiger partial charge on any atom is -0.453 e. The molecule has 0 saturated heterocycles. The van der Waals surface area contributed by atoms with Crippen molar-refractivity contribution in [3.63, 3.8) is 0 Å². The van der Waals surface area contributed by atoms with Crippen molar-refractivity contribution in [2.45, 2.75) is 0 Å². The van der Waals surface area contributed by atoms with E-state index in [-0.39, 0.29) is 0 Å². The second-order valence-electron chi connectivity index (χ2n) is 11.4. The molecular weight excluding hydrogens is 564 g/mol. The molecule has 0 atom stereocenters. The number of hydrogen-bond acceptors (Lipinski definition) is 4. The maximum atomic E-state index is 6.67. The van der Waals surface area contributed by atoms with Gasteiger partial charge in [0.15, 0.2) is 23.0 Å². The Morgan fingerprint density at radius 2 is 0.957 bits per heavy atom. The number of anilines is 6. The van der Waals surface area contributed by atoms with Crippen molar-refractivity contribution in [1.82, 2.24) is 0 Å². The van der Waals surface area contributed by atoms with Crippen LogP contribution in [0.5, 0.6) is 23.0 Å². The number of ether oxygens (including phenoxy) is 2. The summed E-state index contributed by atoms with van der Waals surface area (Å²) in [6.07, 6.45) is 0. The van der Waals surface area contributed by atoms with Crippen LogP contribution in [0.3, 0.4) is 0 Å². The molecule has 0 unspecified atom stereocenters. The van der Waals surface area contributed by atoms with E-state index in [0.717, 1.165) is 79.4 Å². The van der Waals surface area contributed by atoms with E-state index < -0.39 is 0 Å². The molecule has 0 aliphatic carbocycles. The molecule has 7 aromatic rings. The second kappa shape index (κ2) is 10.7. The van der Waals surface area contributed by atoms with Crippen LogP contribution in [0.15, 0.2) is 170 Å². The molecule has 4 nitrogen and oxygen atoms in total. The summed E-state index contributed by atoms with van der Waals surface area (Å²) in [5.41, 5.74) is 10.6. The molecule has 0 bridgehead atoms. The van der Waals surface area contributed by atoms with Gasteiger partial charge < -0.3 is 14.4 Å². The van der Waals surface area contributed by atoms with Gasteiger partial charge in [0, 0.05) is 22.6 Å². The summed E-state index contributed by atoms with van der Waals surface area (Å²) in [6, 6.07) is 58.9. The number of rotatable bonds is 5. The summed E-state index contributed by atoms with van der Waals surface area (Å²) in [5.74, 6) is 3.21. The molecular formula is C42H28N2O2. The average molecular weight is 593 g/mol. The van der Waals surface area contributed by atoms with Crippen LogP contribution in [0, 0.1) is 0 Å². The van der Waals surface area contributed by atoms with Crippen LogP contribution in [-0.2, 0) is 0 Å². The third-order valence-corrected chi connectivity index (χ3v) is 8.62. The Balaban J connectivity index is 1.11. The van der Waals surface area contributed by atoms with Crippen LogP contribution in [0.25, 0.3) is 22.3 Å². The van der Waals surface area contributed by atoms with Crippen LogP contribution >= 0.6 is 0 Å². The Bertz CT molecular complexity index is 2160. The molecule has 46 heavy (non-hydrogen) atoms. The molecule has 0 spiro atoms. The summed E-state index contributed by atoms with van der Waals surface area (Å²) in [6.45, 7) is 0. The van der Waals surface area contributed by atoms with Gasteiger partial charge in [-0.05, 0) is 95.6 Å². The lowest BCUT2D eigenvalue weighted by Crippen LogP contribution is -2.20. The topological polar surface area (TPSA) is 24.9 Å². The fourth-order valence-electron chi connectivity index (χ4n) is 6.50. The number of benzene rings is 7. The zero-order valence-electron chi connectivity index (χ0n) is 24.9. The van der Waals surface area contributed by atoms with Gasteiger partial charge in [0.25, 0.3) is 0 Å². The second-order valence-corrected chi connectivity index (χ2v) is 11.4. The molecule has 0 amide bonds. The van der Waals surface area contributed by atoms with Crippen LogP contribution in [0.4, 0.5) is 34.1 Å². The molecule has 2 aliphatic rings. The van der Waals surface area contributed by atoms with Crippen molar-refractivity contribution in [3.8, 4) is 45.3 Å². The Hall–Kier alpha value is -6.26. The van der Waals surface area contributed by atoms with Gasteiger partial charge in [-0.1, -0.05) is 91.0 Å². The van der Waals surface area contributed by atoms with Gasteiger partial charge in [0.2, 0.25) is 0 Å². The SMILES string of the molecule is c1ccc(N(c2ccccc2)c2ccc(-c3cccc(-c4ccc5c6c4Oc4ccccc4N6c4ccccc4O5)c3)cc2)cc1. The predicted octanol–water partition coefficient (Wildman–Crippen LogP) is 12.2. The highest BCUT2D eigenvalue weighted by Crippen LogP contribution is 2.61. The van der Waals surface area contributed by atoms with Crippen LogP contribution in [0.1, 0.15) is 0 Å². The minimum absolute atomic E-state index is 0.778. The molecule has 9 rings (SSSR count). The predicted molar refractivity (Wildman–Crippen MR) is 187 cm³/mol. The first kappa shape index (κ1) is 26.2. The molecule has 0 fully saturated rings. The fourth-order valence-corrected chi connectivity index (χ4v) is 6.50. The lowest BCUT2D eigenvalue weighted by atomic mass is 9.96. The van der Waals surface area contributed by atoms with E-state index in [1.807, 2.05) is 48.5 Å². The van der Waals surface area contributed by atoms with E-state index in [1.54, 1.807) is 0 Å². The quantitative estimate of drug-likeness (QED) is 0.198. The molecule has 2 heterocycles. The molecule has 0 N–H and O–H groups in total. The van der Waals surface area contributed by atoms with Crippen molar-refractivity contribution in [2.24, 2.45) is 0 Å². The van der Waals surface area contributed by atoms with Crippen molar-refractivity contribution >= 4 is 34.1 Å². The summed E-state index contributed by atoms with van der Waals surface area (Å²) >= 11 is 0. The van der Waals surface area contributed by atoms with E-state index in [1.165, 1.54) is 0 Å². The highest BCUT2D eigenvalue weighted by Gasteiger charge is 2.36. The molecule has 2 aliphatic heterocycles. The third-order valence-electron chi connectivity index (χ3n) is 8.62. The zero-order valence-corrected chi connectivity index (χ0v) is 24.9. The van der Waals surface area contributed by atoms with Gasteiger partial charge in [-0.2, -0.15) is 0 Å². The third kappa shape index (κ3) is 4.31. The Morgan fingerprint density at radius 3 is 1.63 bits per heavy atom. The van der Waals surface area contributed by atoms with E-state index in [2.05, 4.69) is 131 Å². The number of nitrogens with zero attached hydrogens (tertiary/aromatic N) is 2. The van der Waals surface area contributed by atoms with Gasteiger partial charge in [-0.15, -0.1) is 0 Å². The largest absolute Gasteiger partial charge is 0.453 e. The van der Waals surface area contributed by atoms with E-state index in [0.29, 0.717) is 0 Å². The van der Waals surface area contributed by atoms with Crippen LogP contribution < -0.4 is 19.3 Å². The van der Waals surface area contributed by atoms with Crippen LogP contribution in [-0.4, -0.2) is 0 Å². The minimum atomic E-state index is 0.778. The zero-order chi connectivity index (χ0) is 30.5. The molecule has 7 aromatic carbocycles. The summed E-state index contributed by atoms with van der Waals surface area (Å²) in [5, 5.41) is 0. The van der Waals surface area contributed by atoms with E-state index >= 15 is 0 Å². The van der Waals surface area contributed by atoms with E-state index in [9.17, 15) is 0 Å². The lowest BCUT2D eigenvalue weighted by molar-refractivity contribution is 0.447. The van der Waals surface area contributed by atoms with Gasteiger partial charge >= 0.3 is 0 Å². The maximum Gasteiger partial charge on any atom is 0.163 e. The van der Waals surface area contributed by atoms with Gasteiger partial charge in [-0.3, -0.25) is 4.90 Å². The highest BCUT2D eigenvalue weighted by molar-refractivity contribution is 5.97. The highest BCUT2D eigenvalue weighted by atomic mass is 16.5. The smallest absolute Gasteiger partial charge is 0.163 e.